The Morgan fingerprint density at radius 3 is 3.10 bits per heavy atom. The van der Waals surface area contributed by atoms with Gasteiger partial charge in [-0.3, -0.25) is 9.69 Å². The second-order valence-electron chi connectivity index (χ2n) is 6.21. The van der Waals surface area contributed by atoms with Crippen LogP contribution in [0.3, 0.4) is 0 Å². The summed E-state index contributed by atoms with van der Waals surface area (Å²) < 4.78 is 1.82. The van der Waals surface area contributed by atoms with E-state index in [1.54, 1.807) is 6.20 Å². The van der Waals surface area contributed by atoms with Crippen LogP contribution in [0.1, 0.15) is 32.7 Å². The number of amides is 1. The molecule has 0 aliphatic carbocycles. The van der Waals surface area contributed by atoms with E-state index in [0.717, 1.165) is 25.5 Å². The summed E-state index contributed by atoms with van der Waals surface area (Å²) in [6, 6.07) is 2.07. The van der Waals surface area contributed by atoms with E-state index < -0.39 is 0 Å². The van der Waals surface area contributed by atoms with Gasteiger partial charge in [-0.1, -0.05) is 0 Å². The maximum atomic E-state index is 12.1. The minimum Gasteiger partial charge on any atom is -0.316 e. The van der Waals surface area contributed by atoms with E-state index in [9.17, 15) is 4.79 Å². The minimum absolute atomic E-state index is 0.0173. The maximum Gasteiger partial charge on any atom is 0.239 e. The van der Waals surface area contributed by atoms with E-state index in [1.165, 1.54) is 12.8 Å². The Morgan fingerprint density at radius 2 is 2.43 bits per heavy atom. The van der Waals surface area contributed by atoms with Crippen molar-refractivity contribution in [2.45, 2.75) is 32.7 Å². The molecule has 1 aromatic rings. The molecule has 2 heterocycles. The maximum absolute atomic E-state index is 12.1. The highest BCUT2D eigenvalue weighted by Gasteiger charge is 2.17. The van der Waals surface area contributed by atoms with Gasteiger partial charge in [0.1, 0.15) is 5.82 Å². The molecule has 2 rings (SSSR count). The molecule has 6 heteroatoms. The molecule has 21 heavy (non-hydrogen) atoms. The van der Waals surface area contributed by atoms with Gasteiger partial charge in [-0.15, -0.1) is 0 Å². The van der Waals surface area contributed by atoms with Crippen LogP contribution in [0.4, 0.5) is 5.82 Å². The number of carbonyl (C=O) groups is 1. The summed E-state index contributed by atoms with van der Waals surface area (Å²) >= 11 is 0. The fourth-order valence-corrected chi connectivity index (χ4v) is 2.84. The van der Waals surface area contributed by atoms with E-state index in [0.29, 0.717) is 12.5 Å². The molecule has 0 spiro atoms. The molecule has 1 aliphatic rings. The predicted molar refractivity (Wildman–Crippen MR) is 84.3 cm³/mol. The van der Waals surface area contributed by atoms with E-state index in [4.69, 9.17) is 0 Å². The number of anilines is 1. The monoisotopic (exact) mass is 293 g/mol. The summed E-state index contributed by atoms with van der Waals surface area (Å²) in [5.74, 6) is 1.43. The molecule has 0 radical (unpaired) electrons. The zero-order valence-electron chi connectivity index (χ0n) is 13.3. The van der Waals surface area contributed by atoms with Gasteiger partial charge in [-0.25, -0.2) is 4.68 Å². The molecule has 0 saturated carbocycles. The van der Waals surface area contributed by atoms with Gasteiger partial charge in [-0.2, -0.15) is 5.10 Å². The second kappa shape index (κ2) is 7.56. The molecule has 0 aromatic carbocycles. The van der Waals surface area contributed by atoms with Crippen molar-refractivity contribution in [3.05, 3.63) is 12.3 Å². The fraction of sp³-hybridized carbons (Fsp3) is 0.733. The normalized spacial score (nSPS) is 19.2. The zero-order chi connectivity index (χ0) is 15.2. The quantitative estimate of drug-likeness (QED) is 0.831. The lowest BCUT2D eigenvalue weighted by Crippen LogP contribution is -2.39. The molecule has 1 aromatic heterocycles. The standard InChI is InChI=1S/C15H27N5O/c1-12(2)20-14(6-8-17-20)18-15(21)11-19(3)10-13-5-4-7-16-9-13/h6,8,12-13,16H,4-5,7,9-11H2,1-3H3,(H,18,21). The van der Waals surface area contributed by atoms with Crippen LogP contribution < -0.4 is 10.6 Å². The molecular weight excluding hydrogens is 266 g/mol. The fourth-order valence-electron chi connectivity index (χ4n) is 2.84. The first-order valence-corrected chi connectivity index (χ1v) is 7.79. The van der Waals surface area contributed by atoms with E-state index in [2.05, 4.69) is 20.6 Å². The number of likely N-dealkylation sites (N-methyl/N-ethyl adjacent to an activating group) is 1. The van der Waals surface area contributed by atoms with Crippen LogP contribution in [-0.2, 0) is 4.79 Å². The van der Waals surface area contributed by atoms with Gasteiger partial charge in [0, 0.05) is 18.7 Å². The molecule has 1 atom stereocenters. The van der Waals surface area contributed by atoms with Crippen molar-refractivity contribution >= 4 is 11.7 Å². The molecule has 1 aliphatic heterocycles. The highest BCUT2D eigenvalue weighted by molar-refractivity contribution is 5.91. The van der Waals surface area contributed by atoms with Gasteiger partial charge in [0.2, 0.25) is 5.91 Å². The van der Waals surface area contributed by atoms with E-state index in [1.807, 2.05) is 31.6 Å². The van der Waals surface area contributed by atoms with Crippen molar-refractivity contribution in [3.63, 3.8) is 0 Å². The number of rotatable bonds is 6. The number of carbonyl (C=O) groups excluding carboxylic acids is 1. The third-order valence-electron chi connectivity index (χ3n) is 3.81. The summed E-state index contributed by atoms with van der Waals surface area (Å²) in [5, 5.41) is 10.6. The molecule has 1 saturated heterocycles. The summed E-state index contributed by atoms with van der Waals surface area (Å²) in [4.78, 5) is 14.2. The molecule has 2 N–H and O–H groups in total. The van der Waals surface area contributed by atoms with Crippen molar-refractivity contribution in [2.24, 2.45) is 5.92 Å². The Kier molecular flexibility index (Phi) is 5.76. The van der Waals surface area contributed by atoms with Crippen molar-refractivity contribution in [1.29, 1.82) is 0 Å². The number of piperidine rings is 1. The molecule has 1 fully saturated rings. The molecular formula is C15H27N5O. The highest BCUT2D eigenvalue weighted by atomic mass is 16.2. The molecule has 1 amide bonds. The lowest BCUT2D eigenvalue weighted by Gasteiger charge is -2.27. The molecule has 118 valence electrons. The summed E-state index contributed by atoms with van der Waals surface area (Å²) in [5.41, 5.74) is 0. The Bertz CT molecular complexity index is 451. The van der Waals surface area contributed by atoms with Crippen LogP contribution in [0.15, 0.2) is 12.3 Å². The number of aromatic nitrogens is 2. The Balaban J connectivity index is 1.79. The third kappa shape index (κ3) is 4.82. The first-order valence-electron chi connectivity index (χ1n) is 7.79. The number of nitrogens with zero attached hydrogens (tertiary/aromatic N) is 3. The molecule has 6 nitrogen and oxygen atoms in total. The van der Waals surface area contributed by atoms with E-state index >= 15 is 0 Å². The van der Waals surface area contributed by atoms with Crippen LogP contribution in [0.5, 0.6) is 0 Å². The van der Waals surface area contributed by atoms with Crippen molar-refractivity contribution in [3.8, 4) is 0 Å². The highest BCUT2D eigenvalue weighted by Crippen LogP contribution is 2.13. The van der Waals surface area contributed by atoms with Gasteiger partial charge < -0.3 is 10.6 Å². The first kappa shape index (κ1) is 16.0. The van der Waals surface area contributed by atoms with Gasteiger partial charge in [0.05, 0.1) is 12.7 Å². The van der Waals surface area contributed by atoms with Crippen molar-refractivity contribution in [2.75, 3.05) is 38.5 Å². The van der Waals surface area contributed by atoms with Crippen LogP contribution in [0.25, 0.3) is 0 Å². The lowest BCUT2D eigenvalue weighted by atomic mass is 9.99. The topological polar surface area (TPSA) is 62.2 Å². The predicted octanol–water partition coefficient (Wildman–Crippen LogP) is 1.33. The van der Waals surface area contributed by atoms with Gasteiger partial charge in [0.25, 0.3) is 0 Å². The second-order valence-corrected chi connectivity index (χ2v) is 6.21. The van der Waals surface area contributed by atoms with Crippen LogP contribution in [0.2, 0.25) is 0 Å². The average Bonchev–Trinajstić information content (AvgIpc) is 2.87. The number of hydrogen-bond donors (Lipinski definition) is 2. The molecule has 1 unspecified atom stereocenters. The minimum atomic E-state index is 0.0173. The summed E-state index contributed by atoms with van der Waals surface area (Å²) in [6.45, 7) is 7.66. The zero-order valence-corrected chi connectivity index (χ0v) is 13.3. The van der Waals surface area contributed by atoms with Gasteiger partial charge in [0.15, 0.2) is 0 Å². The first-order chi connectivity index (χ1) is 10.1. The smallest absolute Gasteiger partial charge is 0.239 e. The Labute approximate surface area is 126 Å². The van der Waals surface area contributed by atoms with Crippen LogP contribution in [-0.4, -0.2) is 53.8 Å². The number of nitrogens with one attached hydrogen (secondary N) is 2. The SMILES string of the molecule is CC(C)n1nccc1NC(=O)CN(C)CC1CCCNC1. The van der Waals surface area contributed by atoms with Gasteiger partial charge in [-0.05, 0) is 52.7 Å². The van der Waals surface area contributed by atoms with Gasteiger partial charge >= 0.3 is 0 Å². The van der Waals surface area contributed by atoms with Crippen LogP contribution >= 0.6 is 0 Å². The summed E-state index contributed by atoms with van der Waals surface area (Å²) in [7, 11) is 2.01. The lowest BCUT2D eigenvalue weighted by molar-refractivity contribution is -0.117. The Morgan fingerprint density at radius 1 is 1.62 bits per heavy atom. The average molecular weight is 293 g/mol. The van der Waals surface area contributed by atoms with Crippen molar-refractivity contribution in [1.82, 2.24) is 20.0 Å². The van der Waals surface area contributed by atoms with E-state index in [-0.39, 0.29) is 11.9 Å². The number of hydrogen-bond acceptors (Lipinski definition) is 4. The largest absolute Gasteiger partial charge is 0.316 e. The molecule has 0 bridgehead atoms. The van der Waals surface area contributed by atoms with Crippen LogP contribution in [0, 0.1) is 5.92 Å². The third-order valence-corrected chi connectivity index (χ3v) is 3.81. The Hall–Kier alpha value is -1.40. The van der Waals surface area contributed by atoms with Crippen molar-refractivity contribution < 1.29 is 4.79 Å². The summed E-state index contributed by atoms with van der Waals surface area (Å²) in [6.07, 6.45) is 4.20.